The van der Waals surface area contributed by atoms with Crippen LogP contribution in [0.25, 0.3) is 6.08 Å². The lowest BCUT2D eigenvalue weighted by Crippen LogP contribution is -2.32. The normalized spacial score (nSPS) is 10.5. The van der Waals surface area contributed by atoms with E-state index >= 15 is 0 Å². The van der Waals surface area contributed by atoms with E-state index in [1.165, 1.54) is 11.6 Å². The summed E-state index contributed by atoms with van der Waals surface area (Å²) in [5.41, 5.74) is 4.12. The number of benzene rings is 2. The van der Waals surface area contributed by atoms with Crippen LogP contribution >= 0.6 is 12.2 Å². The van der Waals surface area contributed by atoms with Crippen molar-refractivity contribution in [2.24, 2.45) is 0 Å². The van der Waals surface area contributed by atoms with Crippen LogP contribution < -0.4 is 15.4 Å². The number of methoxy groups -OCH3 is 1. The summed E-state index contributed by atoms with van der Waals surface area (Å²) >= 11 is 5.16. The van der Waals surface area contributed by atoms with Gasteiger partial charge in [-0.1, -0.05) is 18.2 Å². The molecule has 2 aromatic carbocycles. The first-order valence-corrected chi connectivity index (χ1v) is 7.90. The van der Waals surface area contributed by atoms with E-state index < -0.39 is 0 Å². The lowest BCUT2D eigenvalue weighted by Gasteiger charge is -2.09. The molecule has 2 rings (SSSR count). The van der Waals surface area contributed by atoms with Gasteiger partial charge in [0.2, 0.25) is 5.91 Å². The Morgan fingerprint density at radius 2 is 1.79 bits per heavy atom. The average molecular weight is 340 g/mol. The largest absolute Gasteiger partial charge is 0.497 e. The lowest BCUT2D eigenvalue weighted by molar-refractivity contribution is -0.115. The fraction of sp³-hybridized carbons (Fsp3) is 0.158. The zero-order valence-electron chi connectivity index (χ0n) is 13.9. The third kappa shape index (κ3) is 5.21. The number of nitrogens with one attached hydrogen (secondary N) is 2. The van der Waals surface area contributed by atoms with Gasteiger partial charge in [-0.05, 0) is 73.1 Å². The maximum Gasteiger partial charge on any atom is 0.250 e. The number of carbonyl (C=O) groups excluding carboxylic acids is 1. The highest BCUT2D eigenvalue weighted by Gasteiger charge is 2.03. The molecule has 0 radical (unpaired) electrons. The van der Waals surface area contributed by atoms with E-state index in [1.54, 1.807) is 13.2 Å². The Labute approximate surface area is 147 Å². The number of hydrogen-bond donors (Lipinski definition) is 2. The van der Waals surface area contributed by atoms with Crippen LogP contribution in [0.3, 0.4) is 0 Å². The molecule has 1 amide bonds. The summed E-state index contributed by atoms with van der Waals surface area (Å²) in [5, 5.41) is 5.89. The number of carbonyl (C=O) groups is 1. The second kappa shape index (κ2) is 8.26. The molecule has 5 heteroatoms. The highest BCUT2D eigenvalue weighted by molar-refractivity contribution is 7.80. The van der Waals surface area contributed by atoms with Crippen LogP contribution in [0.1, 0.15) is 16.7 Å². The average Bonchev–Trinajstić information content (AvgIpc) is 2.56. The number of thiocarbonyl (C=S) groups is 1. The molecule has 0 saturated carbocycles. The topological polar surface area (TPSA) is 50.4 Å². The molecular formula is C19H20N2O2S. The summed E-state index contributed by atoms with van der Waals surface area (Å²) in [7, 11) is 1.61. The Hall–Kier alpha value is -2.66. The molecule has 0 unspecified atom stereocenters. The van der Waals surface area contributed by atoms with Crippen LogP contribution in [0.2, 0.25) is 0 Å². The molecule has 0 atom stereocenters. The fourth-order valence-corrected chi connectivity index (χ4v) is 2.24. The van der Waals surface area contributed by atoms with Gasteiger partial charge in [-0.25, -0.2) is 0 Å². The number of aryl methyl sites for hydroxylation is 2. The first kappa shape index (κ1) is 17.7. The van der Waals surface area contributed by atoms with Crippen molar-refractivity contribution >= 4 is 35.0 Å². The van der Waals surface area contributed by atoms with Gasteiger partial charge in [-0.3, -0.25) is 10.1 Å². The van der Waals surface area contributed by atoms with E-state index in [2.05, 4.69) is 10.6 Å². The van der Waals surface area contributed by atoms with Gasteiger partial charge in [0, 0.05) is 11.8 Å². The van der Waals surface area contributed by atoms with Crippen LogP contribution in [0.5, 0.6) is 5.75 Å². The van der Waals surface area contributed by atoms with Crippen LogP contribution in [0, 0.1) is 13.8 Å². The Morgan fingerprint density at radius 1 is 1.08 bits per heavy atom. The van der Waals surface area contributed by atoms with E-state index in [9.17, 15) is 4.79 Å². The molecule has 0 heterocycles. The Kier molecular flexibility index (Phi) is 6.09. The fourth-order valence-electron chi connectivity index (χ4n) is 2.02. The van der Waals surface area contributed by atoms with Crippen molar-refractivity contribution in [3.05, 3.63) is 65.2 Å². The molecule has 124 valence electrons. The highest BCUT2D eigenvalue weighted by Crippen LogP contribution is 2.14. The van der Waals surface area contributed by atoms with Crippen molar-refractivity contribution in [2.45, 2.75) is 13.8 Å². The molecule has 0 fully saturated rings. The summed E-state index contributed by atoms with van der Waals surface area (Å²) in [6.45, 7) is 4.07. The van der Waals surface area contributed by atoms with Crippen LogP contribution in [-0.4, -0.2) is 18.1 Å². The number of hydrogen-bond acceptors (Lipinski definition) is 3. The zero-order chi connectivity index (χ0) is 17.5. The van der Waals surface area contributed by atoms with E-state index in [1.807, 2.05) is 56.3 Å². The summed E-state index contributed by atoms with van der Waals surface area (Å²) in [6, 6.07) is 13.3. The van der Waals surface area contributed by atoms with Gasteiger partial charge >= 0.3 is 0 Å². The number of rotatable bonds is 4. The molecule has 0 aromatic heterocycles. The second-order valence-corrected chi connectivity index (χ2v) is 5.76. The molecule has 0 saturated heterocycles. The van der Waals surface area contributed by atoms with Gasteiger partial charge < -0.3 is 10.1 Å². The minimum absolute atomic E-state index is 0.266. The summed E-state index contributed by atoms with van der Waals surface area (Å²) < 4.78 is 5.09. The van der Waals surface area contributed by atoms with E-state index in [0.717, 1.165) is 22.6 Å². The molecule has 0 aliphatic carbocycles. The number of anilines is 1. The van der Waals surface area contributed by atoms with Gasteiger partial charge in [0.1, 0.15) is 5.75 Å². The van der Waals surface area contributed by atoms with Crippen molar-refractivity contribution in [1.29, 1.82) is 0 Å². The molecule has 0 bridgehead atoms. The van der Waals surface area contributed by atoms with Crippen molar-refractivity contribution in [1.82, 2.24) is 5.32 Å². The first-order chi connectivity index (χ1) is 11.5. The van der Waals surface area contributed by atoms with Crippen LogP contribution in [0.4, 0.5) is 5.69 Å². The predicted octanol–water partition coefficient (Wildman–Crippen LogP) is 3.84. The third-order valence-electron chi connectivity index (χ3n) is 3.54. The zero-order valence-corrected chi connectivity index (χ0v) is 14.7. The molecule has 2 aromatic rings. The summed E-state index contributed by atoms with van der Waals surface area (Å²) in [5.74, 6) is 0.488. The number of ether oxygens (including phenoxy) is 1. The first-order valence-electron chi connectivity index (χ1n) is 7.49. The van der Waals surface area contributed by atoms with E-state index in [4.69, 9.17) is 17.0 Å². The van der Waals surface area contributed by atoms with Crippen LogP contribution in [0.15, 0.2) is 48.5 Å². The minimum atomic E-state index is -0.285. The van der Waals surface area contributed by atoms with Crippen molar-refractivity contribution in [3.8, 4) is 5.75 Å². The maximum absolute atomic E-state index is 11.9. The van der Waals surface area contributed by atoms with E-state index in [0.29, 0.717) is 0 Å². The highest BCUT2D eigenvalue weighted by atomic mass is 32.1. The molecule has 0 aliphatic rings. The SMILES string of the molecule is COc1ccc(C=CC(=O)NC(=S)Nc2ccc(C)c(C)c2)cc1. The van der Waals surface area contributed by atoms with Gasteiger partial charge in [0.05, 0.1) is 7.11 Å². The van der Waals surface area contributed by atoms with Gasteiger partial charge in [0.25, 0.3) is 0 Å². The maximum atomic E-state index is 11.9. The Balaban J connectivity index is 1.89. The Morgan fingerprint density at radius 3 is 2.42 bits per heavy atom. The molecule has 4 nitrogen and oxygen atoms in total. The molecule has 24 heavy (non-hydrogen) atoms. The lowest BCUT2D eigenvalue weighted by atomic mass is 10.1. The standard InChI is InChI=1S/C19H20N2O2S/c1-13-4-8-16(12-14(13)2)20-19(24)21-18(22)11-7-15-5-9-17(23-3)10-6-15/h4-12H,1-3H3,(H2,20,21,22,24). The predicted molar refractivity (Wildman–Crippen MR) is 102 cm³/mol. The van der Waals surface area contributed by atoms with Crippen molar-refractivity contribution < 1.29 is 9.53 Å². The van der Waals surface area contributed by atoms with Crippen molar-refractivity contribution in [3.63, 3.8) is 0 Å². The third-order valence-corrected chi connectivity index (χ3v) is 3.75. The molecule has 0 spiro atoms. The molecular weight excluding hydrogens is 320 g/mol. The monoisotopic (exact) mass is 340 g/mol. The molecule has 0 aliphatic heterocycles. The van der Waals surface area contributed by atoms with Gasteiger partial charge in [0.15, 0.2) is 5.11 Å². The summed E-state index contributed by atoms with van der Waals surface area (Å²) in [4.78, 5) is 11.9. The Bertz CT molecular complexity index is 767. The number of amides is 1. The van der Waals surface area contributed by atoms with Crippen LogP contribution in [-0.2, 0) is 4.79 Å². The minimum Gasteiger partial charge on any atom is -0.497 e. The van der Waals surface area contributed by atoms with Crippen molar-refractivity contribution in [2.75, 3.05) is 12.4 Å². The van der Waals surface area contributed by atoms with Gasteiger partial charge in [-0.15, -0.1) is 0 Å². The smallest absolute Gasteiger partial charge is 0.250 e. The molecule has 2 N–H and O–H groups in total. The second-order valence-electron chi connectivity index (χ2n) is 5.35. The van der Waals surface area contributed by atoms with Gasteiger partial charge in [-0.2, -0.15) is 0 Å². The summed E-state index contributed by atoms with van der Waals surface area (Å²) in [6.07, 6.45) is 3.16. The quantitative estimate of drug-likeness (QED) is 0.656. The van der Waals surface area contributed by atoms with E-state index in [-0.39, 0.29) is 11.0 Å².